The Balaban J connectivity index is 1.63. The fourth-order valence-electron chi connectivity index (χ4n) is 2.83. The number of hydrogen-bond acceptors (Lipinski definition) is 4. The molecule has 5 heteroatoms. The largest absolute Gasteiger partial charge is 0.399 e. The zero-order chi connectivity index (χ0) is 16.1. The second kappa shape index (κ2) is 7.13. The van der Waals surface area contributed by atoms with E-state index in [4.69, 9.17) is 5.73 Å². The number of nitrogen functional groups attached to an aromatic ring is 1. The predicted octanol–water partition coefficient (Wildman–Crippen LogP) is 2.58. The molecule has 1 amide bonds. The Bertz CT molecular complexity index is 680. The number of carbonyl (C=O) groups excluding carboxylic acids is 1. The molecule has 0 radical (unpaired) electrons. The molecule has 1 aromatic carbocycles. The van der Waals surface area contributed by atoms with E-state index in [-0.39, 0.29) is 5.91 Å². The topological polar surface area (TPSA) is 71.2 Å². The summed E-state index contributed by atoms with van der Waals surface area (Å²) >= 11 is 0. The monoisotopic (exact) mass is 310 g/mol. The van der Waals surface area contributed by atoms with Gasteiger partial charge in [-0.15, -0.1) is 0 Å². The van der Waals surface area contributed by atoms with Gasteiger partial charge in [0, 0.05) is 37.1 Å². The molecule has 0 unspecified atom stereocenters. The lowest BCUT2D eigenvalue weighted by Crippen LogP contribution is -2.30. The molecule has 0 atom stereocenters. The summed E-state index contributed by atoms with van der Waals surface area (Å²) in [5, 5.41) is 2.93. The van der Waals surface area contributed by atoms with Gasteiger partial charge in [0.1, 0.15) is 5.82 Å². The first-order chi connectivity index (χ1) is 11.2. The summed E-state index contributed by atoms with van der Waals surface area (Å²) in [7, 11) is 0. The molecule has 5 nitrogen and oxygen atoms in total. The first kappa shape index (κ1) is 15.3. The Morgan fingerprint density at radius 1 is 1.17 bits per heavy atom. The zero-order valence-electron chi connectivity index (χ0n) is 13.2. The van der Waals surface area contributed by atoms with Crippen molar-refractivity contribution in [1.29, 1.82) is 0 Å². The van der Waals surface area contributed by atoms with Gasteiger partial charge in [-0.1, -0.05) is 6.07 Å². The first-order valence-electron chi connectivity index (χ1n) is 8.06. The van der Waals surface area contributed by atoms with Crippen LogP contribution in [0.3, 0.4) is 0 Å². The summed E-state index contributed by atoms with van der Waals surface area (Å²) < 4.78 is 0. The van der Waals surface area contributed by atoms with Crippen LogP contribution in [0.4, 0.5) is 11.5 Å². The molecule has 1 fully saturated rings. The summed E-state index contributed by atoms with van der Waals surface area (Å²) in [5.41, 5.74) is 7.94. The Morgan fingerprint density at radius 2 is 2.00 bits per heavy atom. The molecule has 3 rings (SSSR count). The van der Waals surface area contributed by atoms with Crippen LogP contribution < -0.4 is 16.0 Å². The molecule has 3 N–H and O–H groups in total. The van der Waals surface area contributed by atoms with Gasteiger partial charge in [-0.05, 0) is 55.2 Å². The van der Waals surface area contributed by atoms with Crippen molar-refractivity contribution in [1.82, 2.24) is 10.3 Å². The van der Waals surface area contributed by atoms with Gasteiger partial charge in [0.25, 0.3) is 5.91 Å². The number of nitrogens with zero attached hydrogens (tertiary/aromatic N) is 2. The maximum absolute atomic E-state index is 12.2. The Labute approximate surface area is 136 Å². The van der Waals surface area contributed by atoms with Crippen LogP contribution in [0.1, 0.15) is 35.2 Å². The summed E-state index contributed by atoms with van der Waals surface area (Å²) in [4.78, 5) is 18.9. The number of carbonyl (C=O) groups is 1. The van der Waals surface area contributed by atoms with E-state index in [1.807, 2.05) is 12.3 Å². The van der Waals surface area contributed by atoms with E-state index in [0.29, 0.717) is 17.8 Å². The number of benzene rings is 1. The highest BCUT2D eigenvalue weighted by Gasteiger charge is 2.12. The lowest BCUT2D eigenvalue weighted by Gasteiger charge is -2.27. The second-order valence-electron chi connectivity index (χ2n) is 5.88. The fraction of sp³-hybridized carbons (Fsp3) is 0.333. The van der Waals surface area contributed by atoms with Crippen molar-refractivity contribution in [3.05, 3.63) is 53.7 Å². The van der Waals surface area contributed by atoms with Gasteiger partial charge in [0.05, 0.1) is 0 Å². The fourth-order valence-corrected chi connectivity index (χ4v) is 2.83. The van der Waals surface area contributed by atoms with Gasteiger partial charge in [-0.2, -0.15) is 0 Å². The van der Waals surface area contributed by atoms with Crippen LogP contribution >= 0.6 is 0 Å². The standard InChI is InChI=1S/C18H22N4O/c19-16-6-4-5-15(12-16)18(23)21-13-14-7-8-20-17(11-14)22-9-2-1-3-10-22/h4-8,11-12H,1-3,9-10,13,19H2,(H,21,23). The SMILES string of the molecule is Nc1cccc(C(=O)NCc2ccnc(N3CCCCC3)c2)c1. The van der Waals surface area contributed by atoms with Crippen molar-refractivity contribution < 1.29 is 4.79 Å². The molecule has 23 heavy (non-hydrogen) atoms. The van der Waals surface area contributed by atoms with Crippen molar-refractivity contribution in [3.63, 3.8) is 0 Å². The van der Waals surface area contributed by atoms with Gasteiger partial charge in [-0.3, -0.25) is 4.79 Å². The van der Waals surface area contributed by atoms with Crippen LogP contribution in [0.15, 0.2) is 42.6 Å². The Hall–Kier alpha value is -2.56. The van der Waals surface area contributed by atoms with E-state index in [1.54, 1.807) is 24.3 Å². The summed E-state index contributed by atoms with van der Waals surface area (Å²) in [6.45, 7) is 2.61. The number of nitrogens with two attached hydrogens (primary N) is 1. The molecular formula is C18H22N4O. The maximum Gasteiger partial charge on any atom is 0.251 e. The van der Waals surface area contributed by atoms with Gasteiger partial charge >= 0.3 is 0 Å². The molecule has 120 valence electrons. The Kier molecular flexibility index (Phi) is 4.76. The van der Waals surface area contributed by atoms with Crippen LogP contribution in [0.2, 0.25) is 0 Å². The minimum absolute atomic E-state index is 0.117. The van der Waals surface area contributed by atoms with Crippen LogP contribution in [0.25, 0.3) is 0 Å². The van der Waals surface area contributed by atoms with Gasteiger partial charge in [0.15, 0.2) is 0 Å². The molecular weight excluding hydrogens is 288 g/mol. The van der Waals surface area contributed by atoms with Gasteiger partial charge in [0.2, 0.25) is 0 Å². The molecule has 2 heterocycles. The minimum Gasteiger partial charge on any atom is -0.399 e. The van der Waals surface area contributed by atoms with E-state index < -0.39 is 0 Å². The normalized spacial score (nSPS) is 14.5. The third kappa shape index (κ3) is 4.00. The van der Waals surface area contributed by atoms with Crippen LogP contribution in [0, 0.1) is 0 Å². The first-order valence-corrected chi connectivity index (χ1v) is 8.06. The molecule has 0 saturated carbocycles. The average Bonchev–Trinajstić information content (AvgIpc) is 2.61. The third-order valence-corrected chi connectivity index (χ3v) is 4.09. The van der Waals surface area contributed by atoms with Crippen molar-refractivity contribution in [2.24, 2.45) is 0 Å². The average molecular weight is 310 g/mol. The van der Waals surface area contributed by atoms with Gasteiger partial charge < -0.3 is 16.0 Å². The van der Waals surface area contributed by atoms with Crippen LogP contribution in [-0.2, 0) is 6.54 Å². The number of anilines is 2. The van der Waals surface area contributed by atoms with E-state index >= 15 is 0 Å². The number of amides is 1. The highest BCUT2D eigenvalue weighted by Crippen LogP contribution is 2.18. The Morgan fingerprint density at radius 3 is 2.78 bits per heavy atom. The van der Waals surface area contributed by atoms with Crippen molar-refractivity contribution >= 4 is 17.4 Å². The van der Waals surface area contributed by atoms with E-state index in [9.17, 15) is 4.79 Å². The third-order valence-electron chi connectivity index (χ3n) is 4.09. The smallest absolute Gasteiger partial charge is 0.251 e. The number of rotatable bonds is 4. The number of hydrogen-bond donors (Lipinski definition) is 2. The van der Waals surface area contributed by atoms with E-state index in [1.165, 1.54) is 19.3 Å². The summed E-state index contributed by atoms with van der Waals surface area (Å²) in [5.74, 6) is 0.883. The number of pyridine rings is 1. The predicted molar refractivity (Wildman–Crippen MR) is 92.3 cm³/mol. The van der Waals surface area contributed by atoms with E-state index in [2.05, 4.69) is 21.3 Å². The lowest BCUT2D eigenvalue weighted by atomic mass is 10.1. The van der Waals surface area contributed by atoms with E-state index in [0.717, 1.165) is 24.5 Å². The van der Waals surface area contributed by atoms with Crippen molar-refractivity contribution in [2.75, 3.05) is 23.7 Å². The second-order valence-corrected chi connectivity index (χ2v) is 5.88. The molecule has 0 spiro atoms. The minimum atomic E-state index is -0.117. The zero-order valence-corrected chi connectivity index (χ0v) is 13.2. The highest BCUT2D eigenvalue weighted by atomic mass is 16.1. The molecule has 1 aromatic heterocycles. The summed E-state index contributed by atoms with van der Waals surface area (Å²) in [6, 6.07) is 11.0. The van der Waals surface area contributed by atoms with Crippen LogP contribution in [0.5, 0.6) is 0 Å². The number of piperidine rings is 1. The highest BCUT2D eigenvalue weighted by molar-refractivity contribution is 5.94. The molecule has 1 saturated heterocycles. The quantitative estimate of drug-likeness (QED) is 0.852. The van der Waals surface area contributed by atoms with Crippen LogP contribution in [-0.4, -0.2) is 24.0 Å². The van der Waals surface area contributed by atoms with Crippen molar-refractivity contribution in [3.8, 4) is 0 Å². The molecule has 1 aliphatic heterocycles. The lowest BCUT2D eigenvalue weighted by molar-refractivity contribution is 0.0951. The maximum atomic E-state index is 12.2. The molecule has 0 bridgehead atoms. The van der Waals surface area contributed by atoms with Crippen molar-refractivity contribution in [2.45, 2.75) is 25.8 Å². The molecule has 1 aliphatic rings. The molecule has 0 aliphatic carbocycles. The number of aromatic nitrogens is 1. The molecule has 2 aromatic rings. The number of nitrogens with one attached hydrogen (secondary N) is 1. The van der Waals surface area contributed by atoms with Gasteiger partial charge in [-0.25, -0.2) is 4.98 Å². The summed E-state index contributed by atoms with van der Waals surface area (Å²) in [6.07, 6.45) is 5.55.